The summed E-state index contributed by atoms with van der Waals surface area (Å²) in [6.45, 7) is 12.0. The third kappa shape index (κ3) is 3.05. The number of carbonyl (C=O) groups excluding carboxylic acids is 2. The molecule has 3 amide bonds. The Bertz CT molecular complexity index is 664. The number of likely N-dealkylation sites (tertiary alicyclic amines) is 1. The summed E-state index contributed by atoms with van der Waals surface area (Å²) in [4.78, 5) is 28.9. The Hall–Kier alpha value is -1.89. The van der Waals surface area contributed by atoms with Gasteiger partial charge in [0.25, 0.3) is 5.91 Å². The number of amides is 3. The Labute approximate surface area is 148 Å². The van der Waals surface area contributed by atoms with Crippen LogP contribution in [-0.4, -0.2) is 51.6 Å². The molecule has 0 radical (unpaired) electrons. The largest absolute Gasteiger partial charge is 0.361 e. The number of aryl methyl sites for hydroxylation is 2. The van der Waals surface area contributed by atoms with Gasteiger partial charge in [-0.25, -0.2) is 4.79 Å². The molecule has 2 saturated heterocycles. The van der Waals surface area contributed by atoms with E-state index in [1.165, 1.54) is 4.90 Å². The quantitative estimate of drug-likeness (QED) is 0.844. The van der Waals surface area contributed by atoms with Crippen LogP contribution in [0.25, 0.3) is 0 Å². The van der Waals surface area contributed by atoms with Gasteiger partial charge in [-0.05, 0) is 54.0 Å². The number of urea groups is 1. The number of aromatic nitrogens is 1. The molecule has 0 saturated carbocycles. The predicted molar refractivity (Wildman–Crippen MR) is 92.9 cm³/mol. The van der Waals surface area contributed by atoms with Crippen LogP contribution >= 0.6 is 0 Å². The Morgan fingerprint density at radius 1 is 1.36 bits per heavy atom. The molecule has 1 aromatic heterocycles. The number of nitrogens with zero attached hydrogens (tertiary/aromatic N) is 3. The summed E-state index contributed by atoms with van der Waals surface area (Å²) in [5, 5.41) is 6.99. The molecular weight excluding hydrogens is 320 g/mol. The van der Waals surface area contributed by atoms with Crippen molar-refractivity contribution in [2.24, 2.45) is 5.92 Å². The lowest BCUT2D eigenvalue weighted by molar-refractivity contribution is -0.134. The van der Waals surface area contributed by atoms with E-state index in [1.54, 1.807) is 0 Å². The van der Waals surface area contributed by atoms with Crippen LogP contribution in [0.2, 0.25) is 0 Å². The van der Waals surface area contributed by atoms with E-state index in [2.05, 4.69) is 15.4 Å². The van der Waals surface area contributed by atoms with Crippen molar-refractivity contribution in [3.05, 3.63) is 17.0 Å². The van der Waals surface area contributed by atoms with Crippen molar-refractivity contribution in [1.82, 2.24) is 20.3 Å². The van der Waals surface area contributed by atoms with Crippen molar-refractivity contribution < 1.29 is 14.1 Å². The minimum Gasteiger partial charge on any atom is -0.361 e. The lowest BCUT2D eigenvalue weighted by Crippen LogP contribution is -2.56. The summed E-state index contributed by atoms with van der Waals surface area (Å²) < 4.78 is 5.26. The highest BCUT2D eigenvalue weighted by molar-refractivity contribution is 6.07. The number of hydrogen-bond donors (Lipinski definition) is 1. The topological polar surface area (TPSA) is 78.7 Å². The van der Waals surface area contributed by atoms with Gasteiger partial charge in [-0.3, -0.25) is 14.6 Å². The summed E-state index contributed by atoms with van der Waals surface area (Å²) in [5.41, 5.74) is 1.22. The summed E-state index contributed by atoms with van der Waals surface area (Å²) in [6, 6.07) is -0.401. The second-order valence-electron chi connectivity index (χ2n) is 7.78. The third-order valence-corrected chi connectivity index (χ3v) is 5.65. The van der Waals surface area contributed by atoms with E-state index < -0.39 is 5.54 Å². The van der Waals surface area contributed by atoms with E-state index in [-0.39, 0.29) is 23.9 Å². The van der Waals surface area contributed by atoms with Crippen molar-refractivity contribution in [2.45, 2.75) is 65.6 Å². The van der Waals surface area contributed by atoms with Crippen LogP contribution < -0.4 is 5.32 Å². The average molecular weight is 348 g/mol. The maximum absolute atomic E-state index is 12.9. The smallest absolute Gasteiger partial charge is 0.325 e. The maximum Gasteiger partial charge on any atom is 0.325 e. The molecule has 2 aliphatic heterocycles. The molecule has 2 aliphatic rings. The first-order valence-electron chi connectivity index (χ1n) is 9.04. The fourth-order valence-corrected chi connectivity index (χ4v) is 4.05. The Balaban J connectivity index is 1.75. The van der Waals surface area contributed by atoms with Crippen LogP contribution in [-0.2, 0) is 11.3 Å². The molecule has 138 valence electrons. The molecule has 1 aromatic rings. The molecule has 25 heavy (non-hydrogen) atoms. The number of piperidine rings is 1. The fraction of sp³-hybridized carbons (Fsp3) is 0.722. The van der Waals surface area contributed by atoms with E-state index in [0.29, 0.717) is 0 Å². The molecule has 1 N–H and O–H groups in total. The van der Waals surface area contributed by atoms with Crippen LogP contribution in [0.1, 0.15) is 50.6 Å². The SMILES string of the molecule is Cc1noc(C)c1CN1CCC[C@@H]([C@@]2(C)NC(=O)N(C(C)C)C2=O)C1. The second-order valence-corrected chi connectivity index (χ2v) is 7.78. The summed E-state index contributed by atoms with van der Waals surface area (Å²) in [6.07, 6.45) is 1.95. The molecule has 3 heterocycles. The zero-order valence-corrected chi connectivity index (χ0v) is 15.8. The van der Waals surface area contributed by atoms with Gasteiger partial charge in [-0.1, -0.05) is 5.16 Å². The molecule has 0 bridgehead atoms. The van der Waals surface area contributed by atoms with Crippen molar-refractivity contribution in [1.29, 1.82) is 0 Å². The van der Waals surface area contributed by atoms with Gasteiger partial charge in [0.1, 0.15) is 11.3 Å². The van der Waals surface area contributed by atoms with Crippen molar-refractivity contribution >= 4 is 11.9 Å². The van der Waals surface area contributed by atoms with Gasteiger partial charge >= 0.3 is 6.03 Å². The second kappa shape index (κ2) is 6.44. The third-order valence-electron chi connectivity index (χ3n) is 5.65. The Morgan fingerprint density at radius 3 is 2.64 bits per heavy atom. The van der Waals surface area contributed by atoms with Gasteiger partial charge in [0.05, 0.1) is 5.69 Å². The fourth-order valence-electron chi connectivity index (χ4n) is 4.05. The Morgan fingerprint density at radius 2 is 2.08 bits per heavy atom. The zero-order chi connectivity index (χ0) is 18.4. The molecule has 7 nitrogen and oxygen atoms in total. The maximum atomic E-state index is 12.9. The molecule has 2 atom stereocenters. The molecule has 2 fully saturated rings. The van der Waals surface area contributed by atoms with Crippen molar-refractivity contribution in [3.8, 4) is 0 Å². The molecule has 0 aromatic carbocycles. The normalized spacial score (nSPS) is 28.1. The van der Waals surface area contributed by atoms with Crippen molar-refractivity contribution in [2.75, 3.05) is 13.1 Å². The molecule has 7 heteroatoms. The number of nitrogens with one attached hydrogen (secondary N) is 1. The summed E-state index contributed by atoms with van der Waals surface area (Å²) in [7, 11) is 0. The molecule has 0 unspecified atom stereocenters. The van der Waals surface area contributed by atoms with Crippen LogP contribution in [0, 0.1) is 19.8 Å². The lowest BCUT2D eigenvalue weighted by atomic mass is 9.79. The van der Waals surface area contributed by atoms with Crippen LogP contribution in [0.3, 0.4) is 0 Å². The molecular formula is C18H28N4O3. The number of imide groups is 1. The highest BCUT2D eigenvalue weighted by Gasteiger charge is 2.53. The van der Waals surface area contributed by atoms with E-state index in [4.69, 9.17) is 4.52 Å². The molecule has 0 spiro atoms. The Kier molecular flexibility index (Phi) is 4.62. The van der Waals surface area contributed by atoms with Gasteiger partial charge in [0, 0.05) is 30.6 Å². The number of rotatable bonds is 4. The van der Waals surface area contributed by atoms with E-state index in [0.717, 1.165) is 49.5 Å². The van der Waals surface area contributed by atoms with E-state index in [1.807, 2.05) is 34.6 Å². The summed E-state index contributed by atoms with van der Waals surface area (Å²) >= 11 is 0. The van der Waals surface area contributed by atoms with Gasteiger partial charge in [-0.15, -0.1) is 0 Å². The minimum absolute atomic E-state index is 0.0990. The minimum atomic E-state index is -0.821. The summed E-state index contributed by atoms with van der Waals surface area (Å²) in [5.74, 6) is 0.848. The van der Waals surface area contributed by atoms with E-state index >= 15 is 0 Å². The molecule has 3 rings (SSSR count). The lowest BCUT2D eigenvalue weighted by Gasteiger charge is -2.40. The standard InChI is InChI=1S/C18H28N4O3/c1-11(2)22-16(23)18(5,19-17(22)24)14-7-6-8-21(9-14)10-15-12(3)20-25-13(15)4/h11,14H,6-10H2,1-5H3,(H,19,24)/t14-,18-/m1/s1. The number of carbonyl (C=O) groups is 2. The van der Waals surface area contributed by atoms with Crippen LogP contribution in [0.15, 0.2) is 4.52 Å². The first-order chi connectivity index (χ1) is 11.7. The average Bonchev–Trinajstić information content (AvgIpc) is 2.98. The van der Waals surface area contributed by atoms with Gasteiger partial charge in [0.15, 0.2) is 0 Å². The van der Waals surface area contributed by atoms with Gasteiger partial charge in [0.2, 0.25) is 0 Å². The van der Waals surface area contributed by atoms with Gasteiger partial charge < -0.3 is 9.84 Å². The highest BCUT2D eigenvalue weighted by Crippen LogP contribution is 2.34. The van der Waals surface area contributed by atoms with E-state index in [9.17, 15) is 9.59 Å². The van der Waals surface area contributed by atoms with Gasteiger partial charge in [-0.2, -0.15) is 0 Å². The first kappa shape index (κ1) is 17.9. The predicted octanol–water partition coefficient (Wildman–Crippen LogP) is 2.22. The highest BCUT2D eigenvalue weighted by atomic mass is 16.5. The first-order valence-corrected chi connectivity index (χ1v) is 9.04. The number of hydrogen-bond acceptors (Lipinski definition) is 5. The van der Waals surface area contributed by atoms with Crippen molar-refractivity contribution in [3.63, 3.8) is 0 Å². The monoisotopic (exact) mass is 348 g/mol. The van der Waals surface area contributed by atoms with Crippen LogP contribution in [0.5, 0.6) is 0 Å². The molecule has 0 aliphatic carbocycles. The van der Waals surface area contributed by atoms with Crippen LogP contribution in [0.4, 0.5) is 4.79 Å². The zero-order valence-electron chi connectivity index (χ0n) is 15.8.